The Hall–Kier alpha value is -1.44. The predicted molar refractivity (Wildman–Crippen MR) is 57.2 cm³/mol. The summed E-state index contributed by atoms with van der Waals surface area (Å²) in [6, 6.07) is 10.3. The topological polar surface area (TPSA) is 15.3 Å². The lowest BCUT2D eigenvalue weighted by Crippen LogP contribution is -2.12. The molecule has 0 bridgehead atoms. The van der Waals surface area contributed by atoms with Crippen molar-refractivity contribution in [1.29, 1.82) is 0 Å². The summed E-state index contributed by atoms with van der Waals surface area (Å²) in [7, 11) is 5.98. The van der Waals surface area contributed by atoms with Crippen LogP contribution in [0.1, 0.15) is 5.56 Å². The van der Waals surface area contributed by atoms with Gasteiger partial charge in [0, 0.05) is 27.3 Å². The molecule has 0 amide bonds. The number of hydrogen-bond acceptors (Lipinski definition) is 2. The van der Waals surface area contributed by atoms with E-state index in [0.29, 0.717) is 0 Å². The molecule has 0 radical (unpaired) electrons. The van der Waals surface area contributed by atoms with Crippen molar-refractivity contribution in [3.63, 3.8) is 0 Å². The summed E-state index contributed by atoms with van der Waals surface area (Å²) >= 11 is 0. The monoisotopic (exact) mass is 176 g/mol. The van der Waals surface area contributed by atoms with Gasteiger partial charge in [0.25, 0.3) is 0 Å². The van der Waals surface area contributed by atoms with Crippen LogP contribution in [0.15, 0.2) is 36.5 Å². The molecule has 2 nitrogen and oxygen atoms in total. The Morgan fingerprint density at radius 1 is 1.23 bits per heavy atom. The predicted octanol–water partition coefficient (Wildman–Crippen LogP) is 1.77. The minimum Gasteiger partial charge on any atom is -0.392 e. The lowest BCUT2D eigenvalue weighted by molar-refractivity contribution is 0.588. The van der Waals surface area contributed by atoms with Gasteiger partial charge in [0.1, 0.15) is 0 Å². The summed E-state index contributed by atoms with van der Waals surface area (Å²) in [6.07, 6.45) is 2.00. The van der Waals surface area contributed by atoms with Crippen LogP contribution in [-0.2, 0) is 0 Å². The number of nitrogens with one attached hydrogen (secondary N) is 1. The molecule has 0 aromatic heterocycles. The average Bonchev–Trinajstić information content (AvgIpc) is 2.15. The van der Waals surface area contributed by atoms with Gasteiger partial charge >= 0.3 is 0 Å². The Kier molecular flexibility index (Phi) is 3.38. The lowest BCUT2D eigenvalue weighted by Gasteiger charge is -2.17. The molecular formula is C11H16N2. The molecule has 0 unspecified atom stereocenters. The molecule has 1 N–H and O–H groups in total. The van der Waals surface area contributed by atoms with Gasteiger partial charge in [-0.1, -0.05) is 30.3 Å². The molecule has 0 saturated carbocycles. The molecule has 0 saturated heterocycles. The molecule has 1 aromatic rings. The van der Waals surface area contributed by atoms with Crippen LogP contribution in [0.2, 0.25) is 0 Å². The molecular weight excluding hydrogens is 160 g/mol. The highest BCUT2D eigenvalue weighted by Crippen LogP contribution is 2.14. The summed E-state index contributed by atoms with van der Waals surface area (Å²) in [5.74, 6) is 0. The maximum Gasteiger partial charge on any atom is 0.0594 e. The molecule has 2 heteroatoms. The van der Waals surface area contributed by atoms with Crippen molar-refractivity contribution in [2.24, 2.45) is 0 Å². The fourth-order valence-corrected chi connectivity index (χ4v) is 1.22. The van der Waals surface area contributed by atoms with Gasteiger partial charge in [-0.05, 0) is 5.56 Å². The number of benzene rings is 1. The summed E-state index contributed by atoms with van der Waals surface area (Å²) in [5, 5.41) is 3.04. The molecule has 1 rings (SSSR count). The van der Waals surface area contributed by atoms with Gasteiger partial charge in [-0.3, -0.25) is 0 Å². The van der Waals surface area contributed by atoms with Crippen LogP contribution in [0, 0.1) is 0 Å². The number of rotatable bonds is 3. The van der Waals surface area contributed by atoms with Crippen LogP contribution >= 0.6 is 0 Å². The highest BCUT2D eigenvalue weighted by Gasteiger charge is 2.01. The highest BCUT2D eigenvalue weighted by molar-refractivity contribution is 5.63. The van der Waals surface area contributed by atoms with Crippen LogP contribution in [0.3, 0.4) is 0 Å². The van der Waals surface area contributed by atoms with Gasteiger partial charge in [0.15, 0.2) is 0 Å². The SMILES string of the molecule is CN/C=C(/c1ccccc1)N(C)C. The lowest BCUT2D eigenvalue weighted by atomic mass is 10.1. The van der Waals surface area contributed by atoms with Crippen molar-refractivity contribution in [3.8, 4) is 0 Å². The van der Waals surface area contributed by atoms with E-state index < -0.39 is 0 Å². The van der Waals surface area contributed by atoms with E-state index >= 15 is 0 Å². The zero-order valence-electron chi connectivity index (χ0n) is 8.41. The zero-order chi connectivity index (χ0) is 9.68. The molecule has 0 atom stereocenters. The molecule has 0 heterocycles. The first-order chi connectivity index (χ1) is 6.25. The third-order valence-electron chi connectivity index (χ3n) is 1.83. The Balaban J connectivity index is 2.96. The zero-order valence-corrected chi connectivity index (χ0v) is 8.41. The number of hydrogen-bond donors (Lipinski definition) is 1. The van der Waals surface area contributed by atoms with Crippen LogP contribution < -0.4 is 5.32 Å². The van der Waals surface area contributed by atoms with Crippen molar-refractivity contribution in [1.82, 2.24) is 10.2 Å². The van der Waals surface area contributed by atoms with Crippen LogP contribution in [-0.4, -0.2) is 26.0 Å². The van der Waals surface area contributed by atoms with E-state index in [1.807, 2.05) is 45.5 Å². The standard InChI is InChI=1S/C11H16N2/c1-12-9-11(13(2)3)10-7-5-4-6-8-10/h4-9,12H,1-3H3/b11-9-. The molecule has 0 spiro atoms. The fourth-order valence-electron chi connectivity index (χ4n) is 1.22. The third kappa shape index (κ3) is 2.51. The van der Waals surface area contributed by atoms with E-state index in [-0.39, 0.29) is 0 Å². The molecule has 0 aliphatic heterocycles. The van der Waals surface area contributed by atoms with E-state index in [1.165, 1.54) is 11.3 Å². The second-order valence-corrected chi connectivity index (χ2v) is 3.08. The normalized spacial score (nSPS) is 11.2. The van der Waals surface area contributed by atoms with Crippen LogP contribution in [0.5, 0.6) is 0 Å². The van der Waals surface area contributed by atoms with E-state index in [0.717, 1.165) is 0 Å². The van der Waals surface area contributed by atoms with Gasteiger partial charge < -0.3 is 10.2 Å². The summed E-state index contributed by atoms with van der Waals surface area (Å²) in [5.41, 5.74) is 2.41. The second-order valence-electron chi connectivity index (χ2n) is 3.08. The van der Waals surface area contributed by atoms with Gasteiger partial charge in [0.05, 0.1) is 5.70 Å². The molecule has 1 aromatic carbocycles. The quantitative estimate of drug-likeness (QED) is 0.755. The van der Waals surface area contributed by atoms with Gasteiger partial charge in [-0.25, -0.2) is 0 Å². The minimum absolute atomic E-state index is 1.18. The molecule has 0 fully saturated rings. The van der Waals surface area contributed by atoms with E-state index in [2.05, 4.69) is 22.3 Å². The largest absolute Gasteiger partial charge is 0.392 e. The molecule has 70 valence electrons. The minimum atomic E-state index is 1.18. The van der Waals surface area contributed by atoms with Crippen LogP contribution in [0.4, 0.5) is 0 Å². The molecule has 13 heavy (non-hydrogen) atoms. The maximum absolute atomic E-state index is 3.04. The van der Waals surface area contributed by atoms with Gasteiger partial charge in [-0.2, -0.15) is 0 Å². The first kappa shape index (κ1) is 9.65. The van der Waals surface area contributed by atoms with E-state index in [9.17, 15) is 0 Å². The van der Waals surface area contributed by atoms with E-state index in [4.69, 9.17) is 0 Å². The Morgan fingerprint density at radius 2 is 1.85 bits per heavy atom. The van der Waals surface area contributed by atoms with Crippen molar-refractivity contribution < 1.29 is 0 Å². The smallest absolute Gasteiger partial charge is 0.0594 e. The first-order valence-corrected chi connectivity index (χ1v) is 4.36. The van der Waals surface area contributed by atoms with Crippen LogP contribution in [0.25, 0.3) is 5.70 Å². The molecule has 0 aliphatic carbocycles. The second kappa shape index (κ2) is 4.55. The first-order valence-electron chi connectivity index (χ1n) is 4.36. The van der Waals surface area contributed by atoms with Crippen molar-refractivity contribution in [2.45, 2.75) is 0 Å². The third-order valence-corrected chi connectivity index (χ3v) is 1.83. The van der Waals surface area contributed by atoms with Gasteiger partial charge in [-0.15, -0.1) is 0 Å². The Bertz CT molecular complexity index is 275. The summed E-state index contributed by atoms with van der Waals surface area (Å²) in [6.45, 7) is 0. The average molecular weight is 176 g/mol. The maximum atomic E-state index is 3.04. The molecule has 0 aliphatic rings. The Labute approximate surface area is 79.9 Å². The summed E-state index contributed by atoms with van der Waals surface area (Å²) < 4.78 is 0. The van der Waals surface area contributed by atoms with Gasteiger partial charge in [0.2, 0.25) is 0 Å². The van der Waals surface area contributed by atoms with Crippen molar-refractivity contribution in [3.05, 3.63) is 42.1 Å². The number of nitrogens with zero attached hydrogens (tertiary/aromatic N) is 1. The van der Waals surface area contributed by atoms with E-state index in [1.54, 1.807) is 0 Å². The summed E-state index contributed by atoms with van der Waals surface area (Å²) in [4.78, 5) is 2.09. The van der Waals surface area contributed by atoms with Crippen molar-refractivity contribution >= 4 is 5.70 Å². The van der Waals surface area contributed by atoms with Crippen molar-refractivity contribution in [2.75, 3.05) is 21.1 Å². The Morgan fingerprint density at radius 3 is 2.31 bits per heavy atom. The fraction of sp³-hybridized carbons (Fsp3) is 0.273. The highest BCUT2D eigenvalue weighted by atomic mass is 15.1.